The summed E-state index contributed by atoms with van der Waals surface area (Å²) in [6.07, 6.45) is -0.930. The van der Waals surface area contributed by atoms with Crippen molar-refractivity contribution in [1.82, 2.24) is 0 Å². The van der Waals surface area contributed by atoms with E-state index in [-0.39, 0.29) is 36.7 Å². The van der Waals surface area contributed by atoms with Crippen LogP contribution in [0.3, 0.4) is 0 Å². The van der Waals surface area contributed by atoms with E-state index in [0.29, 0.717) is 0 Å². The molecule has 2 atom stereocenters. The number of esters is 1. The molecule has 0 radical (unpaired) electrons. The Balaban J connectivity index is 1.70. The van der Waals surface area contributed by atoms with Crippen LogP contribution in [0.25, 0.3) is 0 Å². The number of halogens is 2. The van der Waals surface area contributed by atoms with Gasteiger partial charge in [-0.3, -0.25) is 14.4 Å². The number of rotatable bonds is 7. The van der Waals surface area contributed by atoms with E-state index in [4.69, 9.17) is 16.3 Å². The first-order valence-corrected chi connectivity index (χ1v) is 10.3. The highest BCUT2D eigenvalue weighted by Crippen LogP contribution is 2.28. The molecule has 0 spiro atoms. The molecule has 0 bridgehead atoms. The standard InChI is InChI=1S/C23H23ClFNO4/c1-14-3-8-19(11-15(14)2)26-13-17(12-21(26)27)23(29)30-20(9-10-24)22(28)16-4-6-18(25)7-5-16/h3-8,11,17,20H,9-10,12-13H2,1-2H3/t17-,20+/m0/s1. The molecule has 7 heteroatoms. The highest BCUT2D eigenvalue weighted by atomic mass is 35.5. The molecule has 0 saturated carbocycles. The second-order valence-corrected chi connectivity index (χ2v) is 7.83. The summed E-state index contributed by atoms with van der Waals surface area (Å²) in [5.74, 6) is -2.24. The molecule has 1 saturated heterocycles. The fourth-order valence-corrected chi connectivity index (χ4v) is 3.59. The third-order valence-corrected chi connectivity index (χ3v) is 5.53. The van der Waals surface area contributed by atoms with Crippen LogP contribution < -0.4 is 4.90 Å². The summed E-state index contributed by atoms with van der Waals surface area (Å²) in [7, 11) is 0. The van der Waals surface area contributed by atoms with E-state index in [0.717, 1.165) is 16.8 Å². The first kappa shape index (κ1) is 22.0. The van der Waals surface area contributed by atoms with Gasteiger partial charge in [0.15, 0.2) is 6.10 Å². The van der Waals surface area contributed by atoms with Crippen molar-refractivity contribution < 1.29 is 23.5 Å². The second kappa shape index (κ2) is 9.39. The van der Waals surface area contributed by atoms with Gasteiger partial charge in [0.1, 0.15) is 5.82 Å². The minimum Gasteiger partial charge on any atom is -0.454 e. The van der Waals surface area contributed by atoms with Crippen LogP contribution in [-0.2, 0) is 14.3 Å². The number of amides is 1. The topological polar surface area (TPSA) is 63.7 Å². The molecular formula is C23H23ClFNO4. The normalized spacial score (nSPS) is 17.1. The Morgan fingerprint density at radius 3 is 2.50 bits per heavy atom. The van der Waals surface area contributed by atoms with Crippen molar-refractivity contribution in [3.8, 4) is 0 Å². The van der Waals surface area contributed by atoms with Crippen LogP contribution in [-0.4, -0.2) is 36.2 Å². The summed E-state index contributed by atoms with van der Waals surface area (Å²) < 4.78 is 18.6. The zero-order valence-electron chi connectivity index (χ0n) is 16.9. The lowest BCUT2D eigenvalue weighted by atomic mass is 10.0. The van der Waals surface area contributed by atoms with Crippen molar-refractivity contribution in [2.75, 3.05) is 17.3 Å². The molecule has 5 nitrogen and oxygen atoms in total. The lowest BCUT2D eigenvalue weighted by molar-refractivity contribution is -0.151. The number of Topliss-reactive ketones (excluding diaryl/α,β-unsaturated/α-hetero) is 1. The maximum Gasteiger partial charge on any atom is 0.312 e. The monoisotopic (exact) mass is 431 g/mol. The maximum atomic E-state index is 13.1. The molecule has 1 heterocycles. The molecule has 30 heavy (non-hydrogen) atoms. The quantitative estimate of drug-likeness (QED) is 0.374. The largest absolute Gasteiger partial charge is 0.454 e. The van der Waals surface area contributed by atoms with E-state index < -0.39 is 29.6 Å². The van der Waals surface area contributed by atoms with Gasteiger partial charge in [-0.25, -0.2) is 4.39 Å². The summed E-state index contributed by atoms with van der Waals surface area (Å²) >= 11 is 5.78. The number of ketones is 1. The highest BCUT2D eigenvalue weighted by Gasteiger charge is 2.38. The SMILES string of the molecule is Cc1ccc(N2C[C@@H](C(=O)O[C@H](CCCl)C(=O)c3ccc(F)cc3)CC2=O)cc1C. The van der Waals surface area contributed by atoms with Gasteiger partial charge < -0.3 is 9.64 Å². The van der Waals surface area contributed by atoms with Crippen LogP contribution in [0.2, 0.25) is 0 Å². The number of nitrogens with zero attached hydrogens (tertiary/aromatic N) is 1. The molecule has 0 aromatic heterocycles. The molecule has 158 valence electrons. The lowest BCUT2D eigenvalue weighted by Gasteiger charge is -2.20. The summed E-state index contributed by atoms with van der Waals surface area (Å²) in [6.45, 7) is 4.14. The Hall–Kier alpha value is -2.73. The lowest BCUT2D eigenvalue weighted by Crippen LogP contribution is -2.32. The number of carbonyl (C=O) groups excluding carboxylic acids is 3. The summed E-state index contributed by atoms with van der Waals surface area (Å²) in [4.78, 5) is 39.4. The summed E-state index contributed by atoms with van der Waals surface area (Å²) in [5, 5.41) is 0. The van der Waals surface area contributed by atoms with Crippen LogP contribution in [0.1, 0.15) is 34.3 Å². The summed E-state index contributed by atoms with van der Waals surface area (Å²) in [5.41, 5.74) is 3.14. The molecule has 0 N–H and O–H groups in total. The second-order valence-electron chi connectivity index (χ2n) is 7.45. The van der Waals surface area contributed by atoms with Crippen molar-refractivity contribution in [2.24, 2.45) is 5.92 Å². The predicted molar refractivity (Wildman–Crippen MR) is 112 cm³/mol. The van der Waals surface area contributed by atoms with Gasteiger partial charge in [0.05, 0.1) is 5.92 Å². The van der Waals surface area contributed by atoms with Crippen molar-refractivity contribution >= 4 is 34.9 Å². The van der Waals surface area contributed by atoms with Gasteiger partial charge in [-0.05, 0) is 61.4 Å². The van der Waals surface area contributed by atoms with Crippen molar-refractivity contribution in [1.29, 1.82) is 0 Å². The molecule has 3 rings (SSSR count). The average molecular weight is 432 g/mol. The first-order chi connectivity index (χ1) is 14.3. The molecule has 1 aliphatic rings. The van der Waals surface area contributed by atoms with Gasteiger partial charge >= 0.3 is 5.97 Å². The fourth-order valence-electron chi connectivity index (χ4n) is 3.39. The van der Waals surface area contributed by atoms with Crippen molar-refractivity contribution in [3.63, 3.8) is 0 Å². The molecule has 2 aromatic rings. The Labute approximate surface area is 179 Å². The smallest absolute Gasteiger partial charge is 0.312 e. The Morgan fingerprint density at radius 2 is 1.87 bits per heavy atom. The van der Waals surface area contributed by atoms with Gasteiger partial charge in [0, 0.05) is 36.5 Å². The van der Waals surface area contributed by atoms with E-state index in [9.17, 15) is 18.8 Å². The Kier molecular flexibility index (Phi) is 6.87. The maximum absolute atomic E-state index is 13.1. The van der Waals surface area contributed by atoms with Crippen LogP contribution in [0.15, 0.2) is 42.5 Å². The number of alkyl halides is 1. The van der Waals surface area contributed by atoms with Crippen LogP contribution in [0.5, 0.6) is 0 Å². The van der Waals surface area contributed by atoms with Gasteiger partial charge in [-0.2, -0.15) is 0 Å². The molecule has 1 amide bonds. The Bertz CT molecular complexity index is 960. The van der Waals surface area contributed by atoms with E-state index in [1.165, 1.54) is 24.3 Å². The molecule has 0 aliphatic carbocycles. The van der Waals surface area contributed by atoms with Gasteiger partial charge in [-0.1, -0.05) is 6.07 Å². The van der Waals surface area contributed by atoms with E-state index in [1.54, 1.807) is 4.90 Å². The minimum atomic E-state index is -1.08. The van der Waals surface area contributed by atoms with E-state index >= 15 is 0 Å². The zero-order chi connectivity index (χ0) is 21.8. The van der Waals surface area contributed by atoms with Crippen molar-refractivity contribution in [3.05, 3.63) is 65.0 Å². The van der Waals surface area contributed by atoms with Crippen molar-refractivity contribution in [2.45, 2.75) is 32.8 Å². The zero-order valence-corrected chi connectivity index (χ0v) is 17.6. The number of hydrogen-bond acceptors (Lipinski definition) is 4. The molecule has 2 aromatic carbocycles. The fraction of sp³-hybridized carbons (Fsp3) is 0.348. The molecular weight excluding hydrogens is 409 g/mol. The van der Waals surface area contributed by atoms with Crippen LogP contribution in [0, 0.1) is 25.6 Å². The number of aryl methyl sites for hydroxylation is 2. The van der Waals surface area contributed by atoms with Crippen LogP contribution in [0.4, 0.5) is 10.1 Å². The molecule has 1 fully saturated rings. The number of carbonyl (C=O) groups is 3. The van der Waals surface area contributed by atoms with E-state index in [1.807, 2.05) is 32.0 Å². The third-order valence-electron chi connectivity index (χ3n) is 5.31. The van der Waals surface area contributed by atoms with Gasteiger partial charge in [0.2, 0.25) is 11.7 Å². The highest BCUT2D eigenvalue weighted by molar-refractivity contribution is 6.18. The minimum absolute atomic E-state index is 0.0179. The molecule has 0 unspecified atom stereocenters. The number of benzene rings is 2. The first-order valence-electron chi connectivity index (χ1n) is 9.74. The molecule has 1 aliphatic heterocycles. The van der Waals surface area contributed by atoms with Crippen LogP contribution >= 0.6 is 11.6 Å². The Morgan fingerprint density at radius 1 is 1.17 bits per heavy atom. The number of hydrogen-bond donors (Lipinski definition) is 0. The number of anilines is 1. The van der Waals surface area contributed by atoms with E-state index in [2.05, 4.69) is 0 Å². The average Bonchev–Trinajstić information content (AvgIpc) is 3.11. The summed E-state index contributed by atoms with van der Waals surface area (Å²) in [6, 6.07) is 10.7. The number of ether oxygens (including phenoxy) is 1. The third kappa shape index (κ3) is 4.87. The van der Waals surface area contributed by atoms with Gasteiger partial charge in [0.25, 0.3) is 0 Å². The van der Waals surface area contributed by atoms with Gasteiger partial charge in [-0.15, -0.1) is 11.6 Å². The predicted octanol–water partition coefficient (Wildman–Crippen LogP) is 4.22.